The molecule has 0 aromatic heterocycles. The van der Waals surface area contributed by atoms with Crippen molar-refractivity contribution < 1.29 is 0 Å². The minimum absolute atomic E-state index is 0.684. The summed E-state index contributed by atoms with van der Waals surface area (Å²) in [6.07, 6.45) is 8.76. The van der Waals surface area contributed by atoms with Crippen LogP contribution in [0.15, 0.2) is 24.3 Å². The van der Waals surface area contributed by atoms with Crippen molar-refractivity contribution in [3.63, 3.8) is 0 Å². The van der Waals surface area contributed by atoms with E-state index in [2.05, 4.69) is 41.0 Å². The van der Waals surface area contributed by atoms with Crippen LogP contribution >= 0.6 is 0 Å². The summed E-state index contributed by atoms with van der Waals surface area (Å²) < 4.78 is 0. The fraction of sp³-hybridized carbons (Fsp3) is 0.714. The maximum absolute atomic E-state index is 2.75. The second kappa shape index (κ2) is 6.57. The molecule has 3 fully saturated rings. The van der Waals surface area contributed by atoms with E-state index >= 15 is 0 Å². The number of hydrogen-bond acceptors (Lipinski definition) is 2. The normalized spacial score (nSPS) is 25.8. The lowest BCUT2D eigenvalue weighted by Gasteiger charge is -2.47. The Kier molecular flexibility index (Phi) is 4.47. The van der Waals surface area contributed by atoms with Gasteiger partial charge in [-0.05, 0) is 88.5 Å². The van der Waals surface area contributed by atoms with Crippen LogP contribution in [-0.4, -0.2) is 42.5 Å². The average molecular weight is 313 g/mol. The van der Waals surface area contributed by atoms with E-state index in [9.17, 15) is 0 Å². The van der Waals surface area contributed by atoms with Crippen LogP contribution in [0.1, 0.15) is 49.7 Å². The Labute approximate surface area is 141 Å². The molecule has 2 aliphatic heterocycles. The van der Waals surface area contributed by atoms with Gasteiger partial charge in [0.1, 0.15) is 0 Å². The summed E-state index contributed by atoms with van der Waals surface area (Å²) in [5.74, 6) is 1.06. The zero-order valence-electron chi connectivity index (χ0n) is 14.8. The molecule has 1 aliphatic carbocycles. The Morgan fingerprint density at radius 3 is 2.00 bits per heavy atom. The maximum Gasteiger partial charge on any atom is 0.0233 e. The molecule has 1 saturated carbocycles. The third-order valence-electron chi connectivity index (χ3n) is 6.57. The molecule has 0 bridgehead atoms. The van der Waals surface area contributed by atoms with Crippen LogP contribution in [0.5, 0.6) is 0 Å². The van der Waals surface area contributed by atoms with Crippen molar-refractivity contribution in [2.75, 3.05) is 32.7 Å². The van der Waals surface area contributed by atoms with E-state index in [-0.39, 0.29) is 0 Å². The third-order valence-corrected chi connectivity index (χ3v) is 6.57. The lowest BCUT2D eigenvalue weighted by molar-refractivity contribution is 0.0311. The maximum atomic E-state index is 2.75. The highest BCUT2D eigenvalue weighted by molar-refractivity contribution is 5.21. The lowest BCUT2D eigenvalue weighted by atomic mass is 9.71. The van der Waals surface area contributed by atoms with Gasteiger partial charge in [0.15, 0.2) is 0 Å². The highest BCUT2D eigenvalue weighted by Gasteiger charge is 2.38. The average Bonchev–Trinajstić information content (AvgIpc) is 3.38. The Morgan fingerprint density at radius 1 is 0.870 bits per heavy atom. The Morgan fingerprint density at radius 2 is 1.43 bits per heavy atom. The molecule has 1 aromatic carbocycles. The van der Waals surface area contributed by atoms with Crippen molar-refractivity contribution >= 4 is 0 Å². The fourth-order valence-corrected chi connectivity index (χ4v) is 4.51. The number of rotatable bonds is 4. The predicted molar refractivity (Wildman–Crippen MR) is 96.5 cm³/mol. The number of benzene rings is 1. The molecule has 2 heterocycles. The van der Waals surface area contributed by atoms with Crippen LogP contribution < -0.4 is 0 Å². The van der Waals surface area contributed by atoms with E-state index < -0.39 is 0 Å². The van der Waals surface area contributed by atoms with E-state index in [1.165, 1.54) is 82.4 Å². The van der Waals surface area contributed by atoms with Gasteiger partial charge in [-0.25, -0.2) is 0 Å². The fourth-order valence-electron chi connectivity index (χ4n) is 4.51. The van der Waals surface area contributed by atoms with Gasteiger partial charge in [0.05, 0.1) is 0 Å². The molecular formula is C21H32N2. The van der Waals surface area contributed by atoms with Gasteiger partial charge in [0.2, 0.25) is 0 Å². The van der Waals surface area contributed by atoms with Crippen LogP contribution in [0, 0.1) is 18.3 Å². The topological polar surface area (TPSA) is 6.48 Å². The van der Waals surface area contributed by atoms with Gasteiger partial charge < -0.3 is 4.90 Å². The molecule has 0 N–H and O–H groups in total. The first kappa shape index (κ1) is 15.7. The number of likely N-dealkylation sites (tertiary alicyclic amines) is 2. The monoisotopic (exact) mass is 312 g/mol. The van der Waals surface area contributed by atoms with Gasteiger partial charge in [-0.2, -0.15) is 0 Å². The van der Waals surface area contributed by atoms with Crippen molar-refractivity contribution in [1.82, 2.24) is 9.80 Å². The minimum Gasteiger partial charge on any atom is -0.303 e. The van der Waals surface area contributed by atoms with Gasteiger partial charge in [-0.1, -0.05) is 29.8 Å². The standard InChI is InChI=1S/C21H32N2/c1-18-2-4-19(5-3-18)16-22-12-8-21(9-13-22)10-14-23(15-11-21)17-20-6-7-20/h2-5,20H,6-17H2,1H3. The Bertz CT molecular complexity index is 499. The summed E-state index contributed by atoms with van der Waals surface area (Å²) in [4.78, 5) is 5.42. The molecular weight excluding hydrogens is 280 g/mol. The number of aryl methyl sites for hydroxylation is 1. The molecule has 23 heavy (non-hydrogen) atoms. The molecule has 1 spiro atoms. The van der Waals surface area contributed by atoms with Gasteiger partial charge >= 0.3 is 0 Å². The summed E-state index contributed by atoms with van der Waals surface area (Å²) in [7, 11) is 0. The Hall–Kier alpha value is -0.860. The first-order chi connectivity index (χ1) is 11.2. The number of nitrogens with zero attached hydrogens (tertiary/aromatic N) is 2. The minimum atomic E-state index is 0.684. The zero-order valence-corrected chi connectivity index (χ0v) is 14.8. The molecule has 4 rings (SSSR count). The quantitative estimate of drug-likeness (QED) is 0.826. The van der Waals surface area contributed by atoms with Crippen LogP contribution in [-0.2, 0) is 6.54 Å². The largest absolute Gasteiger partial charge is 0.303 e. The van der Waals surface area contributed by atoms with E-state index in [4.69, 9.17) is 0 Å². The second-order valence-electron chi connectivity index (χ2n) is 8.51. The molecule has 126 valence electrons. The smallest absolute Gasteiger partial charge is 0.0233 e. The summed E-state index contributed by atoms with van der Waals surface area (Å²) >= 11 is 0. The van der Waals surface area contributed by atoms with Gasteiger partial charge in [-0.3, -0.25) is 4.90 Å². The van der Waals surface area contributed by atoms with Crippen LogP contribution in [0.2, 0.25) is 0 Å². The molecule has 0 unspecified atom stereocenters. The van der Waals surface area contributed by atoms with Gasteiger partial charge in [0, 0.05) is 13.1 Å². The Balaban J connectivity index is 1.25. The highest BCUT2D eigenvalue weighted by Crippen LogP contribution is 2.42. The molecule has 2 saturated heterocycles. The molecule has 1 aromatic rings. The van der Waals surface area contributed by atoms with E-state index in [1.807, 2.05) is 0 Å². The van der Waals surface area contributed by atoms with Crippen LogP contribution in [0.4, 0.5) is 0 Å². The third kappa shape index (κ3) is 3.97. The first-order valence-corrected chi connectivity index (χ1v) is 9.71. The van der Waals surface area contributed by atoms with E-state index in [0.29, 0.717) is 5.41 Å². The van der Waals surface area contributed by atoms with Crippen molar-refractivity contribution in [1.29, 1.82) is 0 Å². The second-order valence-corrected chi connectivity index (χ2v) is 8.51. The molecule has 3 aliphatic rings. The summed E-state index contributed by atoms with van der Waals surface area (Å²) in [6.45, 7) is 10.1. The molecule has 2 nitrogen and oxygen atoms in total. The van der Waals surface area contributed by atoms with Gasteiger partial charge in [0.25, 0.3) is 0 Å². The van der Waals surface area contributed by atoms with E-state index in [0.717, 1.165) is 12.5 Å². The predicted octanol–water partition coefficient (Wildman–Crippen LogP) is 4.08. The zero-order chi connectivity index (χ0) is 15.7. The lowest BCUT2D eigenvalue weighted by Crippen LogP contribution is -2.46. The summed E-state index contributed by atoms with van der Waals surface area (Å²) in [5, 5.41) is 0. The van der Waals surface area contributed by atoms with Crippen molar-refractivity contribution in [2.45, 2.75) is 52.0 Å². The molecule has 0 amide bonds. The molecule has 0 atom stereocenters. The molecule has 2 heteroatoms. The highest BCUT2D eigenvalue weighted by atomic mass is 15.2. The van der Waals surface area contributed by atoms with Crippen molar-refractivity contribution in [3.8, 4) is 0 Å². The SMILES string of the molecule is Cc1ccc(CN2CCC3(CC2)CCN(CC2CC2)CC3)cc1. The van der Waals surface area contributed by atoms with Crippen LogP contribution in [0.25, 0.3) is 0 Å². The summed E-state index contributed by atoms with van der Waals surface area (Å²) in [5.41, 5.74) is 3.53. The van der Waals surface area contributed by atoms with E-state index in [1.54, 1.807) is 0 Å². The molecule has 0 radical (unpaired) electrons. The number of hydrogen-bond donors (Lipinski definition) is 0. The van der Waals surface area contributed by atoms with Crippen LogP contribution in [0.3, 0.4) is 0 Å². The van der Waals surface area contributed by atoms with Gasteiger partial charge in [-0.15, -0.1) is 0 Å². The van der Waals surface area contributed by atoms with Crippen molar-refractivity contribution in [2.24, 2.45) is 11.3 Å². The summed E-state index contributed by atoms with van der Waals surface area (Å²) in [6, 6.07) is 9.10. The first-order valence-electron chi connectivity index (χ1n) is 9.71. The van der Waals surface area contributed by atoms with Crippen molar-refractivity contribution in [3.05, 3.63) is 35.4 Å². The number of piperidine rings is 2.